The Balaban J connectivity index is 5.55. The van der Waals surface area contributed by atoms with Gasteiger partial charge in [0.15, 0.2) is 0 Å². The van der Waals surface area contributed by atoms with Crippen molar-refractivity contribution in [2.45, 2.75) is 91.1 Å². The van der Waals surface area contributed by atoms with Crippen LogP contribution < -0.4 is 9.79 Å². The molecule has 0 radical (unpaired) electrons. The standard InChI is InChI=1S/C17H36N3O2PSi/c1-9-24(10-2,11-3)16(8)17(12-18)13-19(23(21)22)20(14(4)5)15(6)7/h14-17H,9-11,13H2,1-8H3/q-2. The second-order valence-electron chi connectivity index (χ2n) is 7.31. The SMILES string of the molecule is CC[Si](CC)(CC)C(C)C(C#N)CN(N(C(C)C)C(C)C)P([O-])[O-]. The second kappa shape index (κ2) is 10.9. The average Bonchev–Trinajstić information content (AvgIpc) is 2.52. The summed E-state index contributed by atoms with van der Waals surface area (Å²) in [6, 6.07) is 5.98. The molecule has 2 unspecified atom stereocenters. The Morgan fingerprint density at radius 1 is 0.958 bits per heavy atom. The largest absolute Gasteiger partial charge is 0.829 e. The molecule has 2 atom stereocenters. The summed E-state index contributed by atoms with van der Waals surface area (Å²) < 4.78 is 1.41. The van der Waals surface area contributed by atoms with Crippen molar-refractivity contribution >= 4 is 16.6 Å². The molecule has 0 aliphatic heterocycles. The van der Waals surface area contributed by atoms with Gasteiger partial charge in [-0.3, -0.25) is 0 Å². The van der Waals surface area contributed by atoms with Crippen LogP contribution >= 0.6 is 8.53 Å². The lowest BCUT2D eigenvalue weighted by Gasteiger charge is -2.53. The van der Waals surface area contributed by atoms with Crippen LogP contribution in [-0.4, -0.2) is 36.5 Å². The van der Waals surface area contributed by atoms with Crippen molar-refractivity contribution in [3.8, 4) is 6.07 Å². The van der Waals surface area contributed by atoms with Crippen LogP contribution in [0.2, 0.25) is 23.7 Å². The molecule has 5 nitrogen and oxygen atoms in total. The minimum absolute atomic E-state index is 0.0677. The van der Waals surface area contributed by atoms with Crippen LogP contribution in [0.3, 0.4) is 0 Å². The first-order valence-electron chi connectivity index (χ1n) is 9.21. The van der Waals surface area contributed by atoms with Gasteiger partial charge in [0, 0.05) is 18.6 Å². The second-order valence-corrected chi connectivity index (χ2v) is 14.0. The quantitative estimate of drug-likeness (QED) is 0.315. The van der Waals surface area contributed by atoms with Gasteiger partial charge in [-0.25, -0.2) is 18.3 Å². The predicted octanol–water partition coefficient (Wildman–Crippen LogP) is 3.31. The zero-order valence-electron chi connectivity index (χ0n) is 16.7. The van der Waals surface area contributed by atoms with Crippen LogP contribution in [0.4, 0.5) is 0 Å². The fourth-order valence-corrected chi connectivity index (χ4v) is 9.36. The van der Waals surface area contributed by atoms with E-state index < -0.39 is 16.6 Å². The van der Waals surface area contributed by atoms with Crippen molar-refractivity contribution in [2.75, 3.05) is 6.54 Å². The molecule has 0 N–H and O–H groups in total. The Morgan fingerprint density at radius 2 is 1.38 bits per heavy atom. The molecule has 142 valence electrons. The molecule has 0 spiro atoms. The third-order valence-corrected chi connectivity index (χ3v) is 13.0. The van der Waals surface area contributed by atoms with Gasteiger partial charge in [-0.2, -0.15) is 5.26 Å². The van der Waals surface area contributed by atoms with Crippen LogP contribution in [0.15, 0.2) is 0 Å². The Labute approximate surface area is 151 Å². The average molecular weight is 374 g/mol. The van der Waals surface area contributed by atoms with E-state index in [1.54, 1.807) is 0 Å². The van der Waals surface area contributed by atoms with Gasteiger partial charge in [0.25, 0.3) is 0 Å². The molecule has 24 heavy (non-hydrogen) atoms. The Hall–Kier alpha value is -0.0231. The molecular weight excluding hydrogens is 337 g/mol. The van der Waals surface area contributed by atoms with Crippen LogP contribution in [0.1, 0.15) is 55.4 Å². The van der Waals surface area contributed by atoms with Gasteiger partial charge in [-0.05, 0) is 33.2 Å². The zero-order chi connectivity index (χ0) is 19.1. The molecule has 0 fully saturated rings. The number of rotatable bonds is 11. The van der Waals surface area contributed by atoms with E-state index >= 15 is 0 Å². The number of nitriles is 1. The summed E-state index contributed by atoms with van der Waals surface area (Å²) in [6.07, 6.45) is 0. The summed E-state index contributed by atoms with van der Waals surface area (Å²) in [6.45, 7) is 17.1. The zero-order valence-corrected chi connectivity index (χ0v) is 18.6. The topological polar surface area (TPSA) is 76.4 Å². The molecule has 0 aromatic rings. The van der Waals surface area contributed by atoms with Crippen molar-refractivity contribution in [1.82, 2.24) is 9.79 Å². The molecule has 0 saturated carbocycles. The first kappa shape index (κ1) is 24.0. The molecule has 0 bridgehead atoms. The van der Waals surface area contributed by atoms with Crippen molar-refractivity contribution in [3.05, 3.63) is 0 Å². The maximum atomic E-state index is 11.9. The highest BCUT2D eigenvalue weighted by Crippen LogP contribution is 2.40. The lowest BCUT2D eigenvalue weighted by Crippen LogP contribution is -2.53. The predicted molar refractivity (Wildman–Crippen MR) is 101 cm³/mol. The number of hydrazine groups is 1. The van der Waals surface area contributed by atoms with Crippen molar-refractivity contribution in [2.24, 2.45) is 5.92 Å². The molecule has 0 aliphatic carbocycles. The fourth-order valence-electron chi connectivity index (χ4n) is 4.00. The molecular formula is C17H36N3O2PSi-2. The molecule has 0 amide bonds. The first-order chi connectivity index (χ1) is 11.1. The molecule has 0 aromatic heterocycles. The number of hydrogen-bond acceptors (Lipinski definition) is 5. The molecule has 7 heteroatoms. The third-order valence-electron chi connectivity index (χ3n) is 5.72. The van der Waals surface area contributed by atoms with E-state index in [1.165, 1.54) is 4.78 Å². The summed E-state index contributed by atoms with van der Waals surface area (Å²) in [7, 11) is -4.32. The lowest BCUT2D eigenvalue weighted by molar-refractivity contribution is -0.319. The maximum Gasteiger partial charge on any atom is 0.0669 e. The van der Waals surface area contributed by atoms with Crippen LogP contribution in [0.25, 0.3) is 0 Å². The van der Waals surface area contributed by atoms with Gasteiger partial charge in [-0.15, -0.1) is 0 Å². The number of nitrogens with zero attached hydrogens (tertiary/aromatic N) is 3. The Morgan fingerprint density at radius 3 is 1.62 bits per heavy atom. The van der Waals surface area contributed by atoms with Crippen molar-refractivity contribution < 1.29 is 9.79 Å². The van der Waals surface area contributed by atoms with E-state index in [4.69, 9.17) is 0 Å². The molecule has 0 rings (SSSR count). The van der Waals surface area contributed by atoms with Gasteiger partial charge in [-0.1, -0.05) is 45.8 Å². The summed E-state index contributed by atoms with van der Waals surface area (Å²) in [4.78, 5) is 23.8. The van der Waals surface area contributed by atoms with Gasteiger partial charge in [0.1, 0.15) is 0 Å². The third kappa shape index (κ3) is 5.76. The van der Waals surface area contributed by atoms with E-state index in [2.05, 4.69) is 33.8 Å². The Kier molecular flexibility index (Phi) is 10.8. The minimum atomic E-state index is -2.76. The van der Waals surface area contributed by atoms with Crippen molar-refractivity contribution in [3.63, 3.8) is 0 Å². The summed E-state index contributed by atoms with van der Waals surface area (Å²) in [5, 5.41) is 11.6. The fraction of sp³-hybridized carbons (Fsp3) is 0.941. The van der Waals surface area contributed by atoms with E-state index in [0.717, 1.165) is 18.1 Å². The van der Waals surface area contributed by atoms with E-state index in [9.17, 15) is 15.0 Å². The van der Waals surface area contributed by atoms with E-state index in [-0.39, 0.29) is 30.1 Å². The molecule has 0 saturated heterocycles. The van der Waals surface area contributed by atoms with Gasteiger partial charge < -0.3 is 9.79 Å². The number of hydrogen-bond donors (Lipinski definition) is 0. The summed E-state index contributed by atoms with van der Waals surface area (Å²) in [5.41, 5.74) is 0.279. The maximum absolute atomic E-state index is 11.9. The van der Waals surface area contributed by atoms with Gasteiger partial charge in [0.05, 0.1) is 20.1 Å². The normalized spacial score (nSPS) is 15.6. The highest BCUT2D eigenvalue weighted by molar-refractivity contribution is 7.39. The lowest BCUT2D eigenvalue weighted by atomic mass is 10.1. The minimum Gasteiger partial charge on any atom is -0.829 e. The first-order valence-corrected chi connectivity index (χ1v) is 13.0. The van der Waals surface area contributed by atoms with E-state index in [1.807, 2.05) is 32.7 Å². The Bertz CT molecular complexity index is 382. The van der Waals surface area contributed by atoms with Crippen LogP contribution in [-0.2, 0) is 0 Å². The van der Waals surface area contributed by atoms with Gasteiger partial charge >= 0.3 is 0 Å². The summed E-state index contributed by atoms with van der Waals surface area (Å²) >= 11 is 0. The van der Waals surface area contributed by atoms with Gasteiger partial charge in [0.2, 0.25) is 0 Å². The molecule has 0 heterocycles. The van der Waals surface area contributed by atoms with Crippen LogP contribution in [0.5, 0.6) is 0 Å². The highest BCUT2D eigenvalue weighted by Gasteiger charge is 2.39. The smallest absolute Gasteiger partial charge is 0.0669 e. The van der Waals surface area contributed by atoms with Crippen LogP contribution in [0, 0.1) is 17.2 Å². The van der Waals surface area contributed by atoms with Crippen molar-refractivity contribution in [1.29, 1.82) is 5.26 Å². The summed E-state index contributed by atoms with van der Waals surface area (Å²) in [5.74, 6) is -0.260. The monoisotopic (exact) mass is 373 g/mol. The van der Waals surface area contributed by atoms with E-state index in [0.29, 0.717) is 0 Å². The molecule has 0 aromatic carbocycles. The highest BCUT2D eigenvalue weighted by atomic mass is 31.2. The molecule has 0 aliphatic rings.